The van der Waals surface area contributed by atoms with Gasteiger partial charge in [-0.1, -0.05) is 47.5 Å². The van der Waals surface area contributed by atoms with Gasteiger partial charge in [0.05, 0.1) is 23.7 Å². The van der Waals surface area contributed by atoms with Gasteiger partial charge < -0.3 is 14.6 Å². The molecule has 0 saturated carbocycles. The molecular formula is C26H31Cl2N3O3. The highest BCUT2D eigenvalue weighted by Gasteiger charge is 2.28. The standard InChI is InChI=1S/C26H31Cl2N3O3/c1-17(2)31(18(3)26(33)34-4)16-25(32)30(15-19-9-10-22(27)23(28)13-19)12-11-20-14-29-24-8-6-5-7-21(20)24/h5-10,13-14,17-18,29H,11-12,15-16H2,1-4H3. The summed E-state index contributed by atoms with van der Waals surface area (Å²) >= 11 is 12.3. The molecule has 1 aromatic heterocycles. The van der Waals surface area contributed by atoms with Crippen molar-refractivity contribution in [3.8, 4) is 0 Å². The number of aromatic amines is 1. The van der Waals surface area contributed by atoms with Gasteiger partial charge in [-0.3, -0.25) is 14.5 Å². The molecule has 1 atom stereocenters. The van der Waals surface area contributed by atoms with Gasteiger partial charge in [-0.25, -0.2) is 0 Å². The van der Waals surface area contributed by atoms with Crippen molar-refractivity contribution >= 4 is 46.0 Å². The molecule has 0 aliphatic carbocycles. The van der Waals surface area contributed by atoms with Crippen LogP contribution in [0.2, 0.25) is 10.0 Å². The van der Waals surface area contributed by atoms with E-state index in [1.165, 1.54) is 7.11 Å². The van der Waals surface area contributed by atoms with Crippen LogP contribution >= 0.6 is 23.2 Å². The fraction of sp³-hybridized carbons (Fsp3) is 0.385. The minimum absolute atomic E-state index is 0.0153. The van der Waals surface area contributed by atoms with Gasteiger partial charge >= 0.3 is 5.97 Å². The number of fused-ring (bicyclic) bond motifs is 1. The van der Waals surface area contributed by atoms with Crippen molar-refractivity contribution in [3.05, 3.63) is 69.8 Å². The summed E-state index contributed by atoms with van der Waals surface area (Å²) in [4.78, 5) is 32.6. The summed E-state index contributed by atoms with van der Waals surface area (Å²) < 4.78 is 4.91. The number of rotatable bonds is 10. The molecule has 0 aliphatic rings. The molecule has 0 radical (unpaired) electrons. The number of benzene rings is 2. The topological polar surface area (TPSA) is 65.6 Å². The van der Waals surface area contributed by atoms with Gasteiger partial charge in [0.25, 0.3) is 0 Å². The van der Waals surface area contributed by atoms with Crippen LogP contribution in [0.25, 0.3) is 10.9 Å². The van der Waals surface area contributed by atoms with Crippen molar-refractivity contribution in [2.75, 3.05) is 20.2 Å². The molecular weight excluding hydrogens is 473 g/mol. The van der Waals surface area contributed by atoms with Gasteiger partial charge in [-0.2, -0.15) is 0 Å². The van der Waals surface area contributed by atoms with Gasteiger partial charge in [0, 0.05) is 36.2 Å². The van der Waals surface area contributed by atoms with E-state index < -0.39 is 6.04 Å². The number of amides is 1. The first-order chi connectivity index (χ1) is 16.2. The number of hydrogen-bond donors (Lipinski definition) is 1. The van der Waals surface area contributed by atoms with Crippen molar-refractivity contribution in [2.24, 2.45) is 0 Å². The van der Waals surface area contributed by atoms with Crippen molar-refractivity contribution < 1.29 is 14.3 Å². The van der Waals surface area contributed by atoms with Gasteiger partial charge in [0.15, 0.2) is 0 Å². The molecule has 1 heterocycles. The van der Waals surface area contributed by atoms with Gasteiger partial charge in [-0.05, 0) is 56.5 Å². The summed E-state index contributed by atoms with van der Waals surface area (Å²) in [6.07, 6.45) is 2.68. The smallest absolute Gasteiger partial charge is 0.322 e. The summed E-state index contributed by atoms with van der Waals surface area (Å²) in [7, 11) is 1.36. The summed E-state index contributed by atoms with van der Waals surface area (Å²) in [5.41, 5.74) is 3.10. The Hall–Kier alpha value is -2.54. The Morgan fingerprint density at radius 2 is 1.79 bits per heavy atom. The molecule has 3 rings (SSSR count). The molecule has 6 nitrogen and oxygen atoms in total. The zero-order chi connectivity index (χ0) is 24.8. The molecule has 0 bridgehead atoms. The molecule has 0 fully saturated rings. The molecule has 1 amide bonds. The maximum atomic E-state index is 13.5. The number of nitrogens with one attached hydrogen (secondary N) is 1. The van der Waals surface area contributed by atoms with Gasteiger partial charge in [0.1, 0.15) is 6.04 Å². The predicted molar refractivity (Wildman–Crippen MR) is 137 cm³/mol. The highest BCUT2D eigenvalue weighted by atomic mass is 35.5. The summed E-state index contributed by atoms with van der Waals surface area (Å²) in [5, 5.41) is 2.07. The highest BCUT2D eigenvalue weighted by Crippen LogP contribution is 2.24. The molecule has 8 heteroatoms. The second-order valence-corrected chi connectivity index (χ2v) is 9.45. The number of esters is 1. The Bertz CT molecular complexity index is 1150. The molecule has 3 aromatic rings. The third kappa shape index (κ3) is 6.32. The van der Waals surface area contributed by atoms with Crippen molar-refractivity contribution in [3.63, 3.8) is 0 Å². The van der Waals surface area contributed by atoms with Crippen LogP contribution in [-0.2, 0) is 27.3 Å². The Balaban J connectivity index is 1.82. The van der Waals surface area contributed by atoms with E-state index in [9.17, 15) is 9.59 Å². The molecule has 1 unspecified atom stereocenters. The number of para-hydroxylation sites is 1. The van der Waals surface area contributed by atoms with Crippen LogP contribution in [0.5, 0.6) is 0 Å². The zero-order valence-corrected chi connectivity index (χ0v) is 21.5. The first-order valence-electron chi connectivity index (χ1n) is 11.3. The van der Waals surface area contributed by atoms with Gasteiger partial charge in [0.2, 0.25) is 5.91 Å². The second kappa shape index (κ2) is 11.7. The highest BCUT2D eigenvalue weighted by molar-refractivity contribution is 6.42. The minimum Gasteiger partial charge on any atom is -0.468 e. The maximum absolute atomic E-state index is 13.5. The summed E-state index contributed by atoms with van der Waals surface area (Å²) in [6, 6.07) is 13.0. The lowest BCUT2D eigenvalue weighted by molar-refractivity contribution is -0.148. The van der Waals surface area contributed by atoms with Crippen molar-refractivity contribution in [1.82, 2.24) is 14.8 Å². The average molecular weight is 504 g/mol. The number of carbonyl (C=O) groups excluding carboxylic acids is 2. The third-order valence-corrected chi connectivity index (χ3v) is 6.80. The fourth-order valence-electron chi connectivity index (χ4n) is 4.07. The van der Waals surface area contributed by atoms with Crippen molar-refractivity contribution in [1.29, 1.82) is 0 Å². The monoisotopic (exact) mass is 503 g/mol. The fourth-order valence-corrected chi connectivity index (χ4v) is 4.39. The number of carbonyl (C=O) groups is 2. The molecule has 1 N–H and O–H groups in total. The van der Waals surface area contributed by atoms with E-state index in [1.54, 1.807) is 24.0 Å². The number of methoxy groups -OCH3 is 1. The largest absolute Gasteiger partial charge is 0.468 e. The van der Waals surface area contributed by atoms with E-state index >= 15 is 0 Å². The van der Waals surface area contributed by atoms with E-state index in [4.69, 9.17) is 27.9 Å². The number of ether oxygens (including phenoxy) is 1. The number of H-pyrrole nitrogens is 1. The van der Waals surface area contributed by atoms with Crippen molar-refractivity contribution in [2.45, 2.75) is 45.8 Å². The first-order valence-corrected chi connectivity index (χ1v) is 12.1. The summed E-state index contributed by atoms with van der Waals surface area (Å²) in [5.74, 6) is -0.438. The molecule has 0 aliphatic heterocycles. The third-order valence-electron chi connectivity index (χ3n) is 6.06. The van der Waals surface area contributed by atoms with Gasteiger partial charge in [-0.15, -0.1) is 0 Å². The van der Waals surface area contributed by atoms with E-state index in [0.717, 1.165) is 22.0 Å². The van der Waals surface area contributed by atoms with E-state index in [-0.39, 0.29) is 24.5 Å². The SMILES string of the molecule is COC(=O)C(C)N(CC(=O)N(CCc1c[nH]c2ccccc12)Cc1ccc(Cl)c(Cl)c1)C(C)C. The molecule has 0 saturated heterocycles. The zero-order valence-electron chi connectivity index (χ0n) is 20.0. The Kier molecular flexibility index (Phi) is 9.00. The summed E-state index contributed by atoms with van der Waals surface area (Å²) in [6.45, 7) is 6.68. The molecule has 182 valence electrons. The van der Waals surface area contributed by atoms with E-state index in [0.29, 0.717) is 29.6 Å². The quantitative estimate of drug-likeness (QED) is 0.380. The Morgan fingerprint density at radius 1 is 1.06 bits per heavy atom. The lowest BCUT2D eigenvalue weighted by Crippen LogP contribution is -2.49. The number of aromatic nitrogens is 1. The van der Waals surface area contributed by atoms with Crippen LogP contribution in [0.4, 0.5) is 0 Å². The molecule has 2 aromatic carbocycles. The van der Waals surface area contributed by atoms with Crippen LogP contribution in [0.15, 0.2) is 48.7 Å². The Morgan fingerprint density at radius 3 is 2.47 bits per heavy atom. The Labute approximate surface area is 210 Å². The first kappa shape index (κ1) is 26.1. The van der Waals surface area contributed by atoms with E-state index in [1.807, 2.05) is 49.2 Å². The lowest BCUT2D eigenvalue weighted by Gasteiger charge is -2.33. The molecule has 34 heavy (non-hydrogen) atoms. The van der Waals surface area contributed by atoms with Crippen LogP contribution in [0.3, 0.4) is 0 Å². The van der Waals surface area contributed by atoms with Crippen LogP contribution in [0.1, 0.15) is 31.9 Å². The van der Waals surface area contributed by atoms with E-state index in [2.05, 4.69) is 11.1 Å². The maximum Gasteiger partial charge on any atom is 0.322 e. The number of nitrogens with zero attached hydrogens (tertiary/aromatic N) is 2. The van der Waals surface area contributed by atoms with Crippen LogP contribution < -0.4 is 0 Å². The lowest BCUT2D eigenvalue weighted by atomic mass is 10.1. The predicted octanol–water partition coefficient (Wildman–Crippen LogP) is 5.32. The minimum atomic E-state index is -0.533. The second-order valence-electron chi connectivity index (χ2n) is 8.64. The molecule has 0 spiro atoms. The number of halogens is 2. The number of hydrogen-bond acceptors (Lipinski definition) is 4. The average Bonchev–Trinajstić information content (AvgIpc) is 3.24. The van der Waals surface area contributed by atoms with Crippen LogP contribution in [0, 0.1) is 0 Å². The van der Waals surface area contributed by atoms with Crippen LogP contribution in [-0.4, -0.2) is 58.9 Å². The normalized spacial score (nSPS) is 12.4.